The number of rotatable bonds is 19. The van der Waals surface area contributed by atoms with Gasteiger partial charge in [0.1, 0.15) is 18.1 Å². The van der Waals surface area contributed by atoms with Crippen molar-refractivity contribution < 1.29 is 33.3 Å². The molecule has 0 N–H and O–H groups in total. The summed E-state index contributed by atoms with van der Waals surface area (Å²) in [4.78, 5) is 25.1. The van der Waals surface area contributed by atoms with Crippen LogP contribution < -0.4 is 9.47 Å². The van der Waals surface area contributed by atoms with Gasteiger partial charge >= 0.3 is 11.9 Å². The molecule has 1 unspecified atom stereocenters. The van der Waals surface area contributed by atoms with Gasteiger partial charge in [-0.2, -0.15) is 0 Å². The average Bonchev–Trinajstić information content (AvgIpc) is 3.01. The van der Waals surface area contributed by atoms with E-state index in [2.05, 4.69) is 13.5 Å². The highest BCUT2D eigenvalue weighted by Crippen LogP contribution is 2.24. The van der Waals surface area contributed by atoms with Crippen molar-refractivity contribution in [2.75, 3.05) is 33.0 Å². The molecule has 3 aromatic rings. The lowest BCUT2D eigenvalue weighted by Crippen LogP contribution is -2.15. The molecule has 0 amide bonds. The molecule has 42 heavy (non-hydrogen) atoms. The van der Waals surface area contributed by atoms with E-state index in [1.54, 1.807) is 42.5 Å². The number of carbonyl (C=O) groups excluding carboxylic acids is 2. The Kier molecular flexibility index (Phi) is 14.3. The second-order valence-corrected chi connectivity index (χ2v) is 9.91. The highest BCUT2D eigenvalue weighted by atomic mass is 16.5. The quantitative estimate of drug-likeness (QED) is 0.0628. The molecular formula is C35H42O7. The second-order valence-electron chi connectivity index (χ2n) is 9.91. The number of unbranched alkanes of at least 4 members (excludes halogenated alkanes) is 3. The Morgan fingerprint density at radius 1 is 0.714 bits per heavy atom. The summed E-state index contributed by atoms with van der Waals surface area (Å²) in [5, 5.41) is 0. The minimum absolute atomic E-state index is 0.134. The normalized spacial score (nSPS) is 11.5. The van der Waals surface area contributed by atoms with E-state index in [-0.39, 0.29) is 12.1 Å². The van der Waals surface area contributed by atoms with Crippen molar-refractivity contribution in [2.24, 2.45) is 0 Å². The standard InChI is InChI=1S/C35H42O7/c1-4-6-7-8-9-27(3)41-34(36)31-16-20-33(21-17-31)42-35(37)30-12-10-28(11-13-30)29-14-18-32(19-15-29)40-26-25-39-24-23-38-22-5-2/h5,10-21,27H,2,4,6-9,22-26H2,1,3H3. The maximum absolute atomic E-state index is 12.7. The van der Waals surface area contributed by atoms with E-state index < -0.39 is 5.97 Å². The largest absolute Gasteiger partial charge is 0.491 e. The van der Waals surface area contributed by atoms with Crippen LogP contribution in [0, 0.1) is 0 Å². The molecule has 0 aromatic heterocycles. The molecule has 7 nitrogen and oxygen atoms in total. The summed E-state index contributed by atoms with van der Waals surface area (Å²) in [5.41, 5.74) is 2.81. The van der Waals surface area contributed by atoms with Crippen LogP contribution in [0.15, 0.2) is 85.5 Å². The van der Waals surface area contributed by atoms with E-state index >= 15 is 0 Å². The van der Waals surface area contributed by atoms with Crippen LogP contribution in [0.4, 0.5) is 0 Å². The third-order valence-corrected chi connectivity index (χ3v) is 6.49. The fourth-order valence-corrected chi connectivity index (χ4v) is 4.14. The van der Waals surface area contributed by atoms with Crippen LogP contribution in [0.3, 0.4) is 0 Å². The fourth-order valence-electron chi connectivity index (χ4n) is 4.14. The molecule has 0 aliphatic rings. The van der Waals surface area contributed by atoms with Gasteiger partial charge in [0.2, 0.25) is 0 Å². The number of hydrogen-bond acceptors (Lipinski definition) is 7. The molecule has 0 radical (unpaired) electrons. The highest BCUT2D eigenvalue weighted by Gasteiger charge is 2.14. The van der Waals surface area contributed by atoms with Crippen molar-refractivity contribution in [2.45, 2.75) is 52.1 Å². The zero-order chi connectivity index (χ0) is 30.0. The van der Waals surface area contributed by atoms with E-state index in [0.717, 1.165) is 36.1 Å². The first-order chi connectivity index (χ1) is 20.5. The van der Waals surface area contributed by atoms with Crippen molar-refractivity contribution in [3.8, 4) is 22.6 Å². The smallest absolute Gasteiger partial charge is 0.343 e. The summed E-state index contributed by atoms with van der Waals surface area (Å²) in [5.74, 6) is 0.258. The molecule has 0 saturated heterocycles. The Morgan fingerprint density at radius 3 is 1.95 bits per heavy atom. The predicted molar refractivity (Wildman–Crippen MR) is 164 cm³/mol. The molecule has 0 fully saturated rings. The van der Waals surface area contributed by atoms with Crippen LogP contribution in [-0.4, -0.2) is 51.1 Å². The topological polar surface area (TPSA) is 80.3 Å². The van der Waals surface area contributed by atoms with Gasteiger partial charge in [-0.25, -0.2) is 9.59 Å². The Bertz CT molecular complexity index is 1220. The molecule has 0 aliphatic heterocycles. The van der Waals surface area contributed by atoms with Gasteiger partial charge < -0.3 is 23.7 Å². The summed E-state index contributed by atoms with van der Waals surface area (Å²) >= 11 is 0. The zero-order valence-corrected chi connectivity index (χ0v) is 24.7. The maximum Gasteiger partial charge on any atom is 0.343 e. The number of ether oxygens (including phenoxy) is 5. The van der Waals surface area contributed by atoms with Crippen LogP contribution >= 0.6 is 0 Å². The van der Waals surface area contributed by atoms with Gasteiger partial charge in [0.15, 0.2) is 0 Å². The summed E-state index contributed by atoms with van der Waals surface area (Å²) in [6.07, 6.45) is 6.98. The maximum atomic E-state index is 12.7. The SMILES string of the molecule is C=CCOCCOCCOc1ccc(-c2ccc(C(=O)Oc3ccc(C(=O)OC(C)CCCCCC)cc3)cc2)cc1. The molecule has 3 aromatic carbocycles. The fraction of sp³-hybridized carbons (Fsp3) is 0.371. The molecule has 0 aliphatic carbocycles. The van der Waals surface area contributed by atoms with Crippen molar-refractivity contribution in [3.63, 3.8) is 0 Å². The molecule has 3 rings (SSSR count). The van der Waals surface area contributed by atoms with Crippen LogP contribution in [0.25, 0.3) is 11.1 Å². The Labute approximate surface area is 249 Å². The van der Waals surface area contributed by atoms with Crippen LogP contribution in [0.2, 0.25) is 0 Å². The molecular weight excluding hydrogens is 532 g/mol. The molecule has 7 heteroatoms. The third-order valence-electron chi connectivity index (χ3n) is 6.49. The van der Waals surface area contributed by atoms with E-state index in [4.69, 9.17) is 23.7 Å². The van der Waals surface area contributed by atoms with Crippen LogP contribution in [0.1, 0.15) is 66.7 Å². The van der Waals surface area contributed by atoms with Crippen molar-refractivity contribution in [1.82, 2.24) is 0 Å². The Hall–Kier alpha value is -3.94. The van der Waals surface area contributed by atoms with E-state index in [0.29, 0.717) is 49.9 Å². The van der Waals surface area contributed by atoms with Gasteiger partial charge in [-0.05, 0) is 79.4 Å². The molecule has 0 bridgehead atoms. The molecule has 224 valence electrons. The average molecular weight is 575 g/mol. The minimum Gasteiger partial charge on any atom is -0.491 e. The lowest BCUT2D eigenvalue weighted by Gasteiger charge is -2.13. The number of carbonyl (C=O) groups is 2. The van der Waals surface area contributed by atoms with Crippen molar-refractivity contribution in [3.05, 3.63) is 96.6 Å². The molecule has 0 spiro atoms. The first-order valence-corrected chi connectivity index (χ1v) is 14.6. The lowest BCUT2D eigenvalue weighted by atomic mass is 10.0. The summed E-state index contributed by atoms with van der Waals surface area (Å²) in [6.45, 7) is 10.2. The summed E-state index contributed by atoms with van der Waals surface area (Å²) in [6, 6.07) is 21.4. The Morgan fingerprint density at radius 2 is 1.29 bits per heavy atom. The first kappa shape index (κ1) is 32.6. The molecule has 0 saturated carbocycles. The summed E-state index contributed by atoms with van der Waals surface area (Å²) < 4.78 is 27.5. The van der Waals surface area contributed by atoms with Gasteiger partial charge in [0, 0.05) is 0 Å². The van der Waals surface area contributed by atoms with E-state index in [1.165, 1.54) is 12.8 Å². The van der Waals surface area contributed by atoms with Crippen molar-refractivity contribution >= 4 is 11.9 Å². The van der Waals surface area contributed by atoms with Crippen LogP contribution in [-0.2, 0) is 14.2 Å². The van der Waals surface area contributed by atoms with Gasteiger partial charge in [-0.1, -0.05) is 56.5 Å². The summed E-state index contributed by atoms with van der Waals surface area (Å²) in [7, 11) is 0. The zero-order valence-electron chi connectivity index (χ0n) is 24.7. The van der Waals surface area contributed by atoms with Crippen molar-refractivity contribution in [1.29, 1.82) is 0 Å². The second kappa shape index (κ2) is 18.5. The van der Waals surface area contributed by atoms with Gasteiger partial charge in [-0.15, -0.1) is 6.58 Å². The minimum atomic E-state index is -0.476. The number of benzene rings is 3. The van der Waals surface area contributed by atoms with E-state index in [9.17, 15) is 9.59 Å². The highest BCUT2D eigenvalue weighted by molar-refractivity contribution is 5.92. The molecule has 0 heterocycles. The monoisotopic (exact) mass is 574 g/mol. The molecule has 1 atom stereocenters. The van der Waals surface area contributed by atoms with Gasteiger partial charge in [0.25, 0.3) is 0 Å². The number of hydrogen-bond donors (Lipinski definition) is 0. The predicted octanol–water partition coefficient (Wildman–Crippen LogP) is 7.69. The van der Waals surface area contributed by atoms with Gasteiger partial charge in [-0.3, -0.25) is 0 Å². The lowest BCUT2D eigenvalue weighted by molar-refractivity contribution is 0.0319. The third kappa shape index (κ3) is 11.5. The Balaban J connectivity index is 1.43. The first-order valence-electron chi connectivity index (χ1n) is 14.6. The van der Waals surface area contributed by atoms with E-state index in [1.807, 2.05) is 43.3 Å². The van der Waals surface area contributed by atoms with Gasteiger partial charge in [0.05, 0.1) is 43.7 Å². The van der Waals surface area contributed by atoms with Crippen LogP contribution in [0.5, 0.6) is 11.5 Å². The number of esters is 2.